The zero-order valence-electron chi connectivity index (χ0n) is 15.8. The molecule has 4 N–H and O–H groups in total. The second kappa shape index (κ2) is 14.2. The Kier molecular flexibility index (Phi) is 12.6. The molecular formula is C21H38N2O2. The molecule has 0 bridgehead atoms. The summed E-state index contributed by atoms with van der Waals surface area (Å²) in [5.74, 6) is 0. The van der Waals surface area contributed by atoms with Crippen LogP contribution >= 0.6 is 0 Å². The fourth-order valence-corrected chi connectivity index (χ4v) is 3.13. The molecule has 0 fully saturated rings. The molecule has 0 unspecified atom stereocenters. The predicted molar refractivity (Wildman–Crippen MR) is 104 cm³/mol. The van der Waals surface area contributed by atoms with Crippen LogP contribution < -0.4 is 5.73 Å². The van der Waals surface area contributed by atoms with Crippen LogP contribution in [-0.2, 0) is 6.42 Å². The monoisotopic (exact) mass is 350 g/mol. The van der Waals surface area contributed by atoms with Gasteiger partial charge in [0, 0.05) is 11.9 Å². The fraction of sp³-hybridized carbons (Fsp3) is 0.762. The molecule has 1 aromatic heterocycles. The molecule has 25 heavy (non-hydrogen) atoms. The Morgan fingerprint density at radius 2 is 1.28 bits per heavy atom. The van der Waals surface area contributed by atoms with E-state index in [9.17, 15) is 0 Å². The van der Waals surface area contributed by atoms with E-state index >= 15 is 0 Å². The third-order valence-electron chi connectivity index (χ3n) is 4.96. The number of aromatic nitrogens is 1. The Bertz CT molecular complexity index is 408. The summed E-state index contributed by atoms with van der Waals surface area (Å²) in [7, 11) is 0. The van der Waals surface area contributed by atoms with Crippen LogP contribution in [0.15, 0.2) is 24.4 Å². The number of hydrogen-bond donors (Lipinski definition) is 3. The maximum Gasteiger partial charge on any atom is 0.0633 e. The first-order chi connectivity index (χ1) is 12.2. The summed E-state index contributed by atoms with van der Waals surface area (Å²) in [5, 5.41) is 18.3. The summed E-state index contributed by atoms with van der Waals surface area (Å²) in [6.45, 7) is -0.267. The number of pyridine rings is 1. The molecule has 144 valence electrons. The number of rotatable bonds is 16. The first kappa shape index (κ1) is 22.1. The normalized spacial score (nSPS) is 11.8. The Hall–Kier alpha value is -0.970. The molecule has 0 aliphatic carbocycles. The molecule has 1 heterocycles. The lowest BCUT2D eigenvalue weighted by atomic mass is 9.94. The van der Waals surface area contributed by atoms with Gasteiger partial charge in [0.15, 0.2) is 0 Å². The van der Waals surface area contributed by atoms with Crippen molar-refractivity contribution < 1.29 is 10.2 Å². The minimum absolute atomic E-state index is 0.134. The van der Waals surface area contributed by atoms with Gasteiger partial charge in [0.05, 0.1) is 18.8 Å². The molecular weight excluding hydrogens is 312 g/mol. The molecule has 4 heteroatoms. The molecule has 0 aliphatic heterocycles. The van der Waals surface area contributed by atoms with E-state index in [4.69, 9.17) is 15.9 Å². The molecule has 0 saturated carbocycles. The molecule has 0 atom stereocenters. The molecule has 0 radical (unpaired) electrons. The third kappa shape index (κ3) is 11.3. The molecule has 0 amide bonds. The predicted octanol–water partition coefficient (Wildman–Crippen LogP) is 3.99. The van der Waals surface area contributed by atoms with Crippen LogP contribution in [0.2, 0.25) is 0 Å². The zero-order chi connectivity index (χ0) is 18.2. The van der Waals surface area contributed by atoms with Gasteiger partial charge in [-0.15, -0.1) is 0 Å². The maximum absolute atomic E-state index is 9.13. The minimum atomic E-state index is -0.781. The van der Waals surface area contributed by atoms with Crippen molar-refractivity contribution >= 4 is 0 Å². The first-order valence-electron chi connectivity index (χ1n) is 10.1. The van der Waals surface area contributed by atoms with Crippen molar-refractivity contribution in [2.24, 2.45) is 5.73 Å². The van der Waals surface area contributed by atoms with Crippen LogP contribution in [0.25, 0.3) is 0 Å². The van der Waals surface area contributed by atoms with E-state index < -0.39 is 5.54 Å². The van der Waals surface area contributed by atoms with E-state index in [1.807, 2.05) is 12.3 Å². The average molecular weight is 351 g/mol. The lowest BCUT2D eigenvalue weighted by Gasteiger charge is -2.24. The van der Waals surface area contributed by atoms with E-state index in [0.717, 1.165) is 19.3 Å². The van der Waals surface area contributed by atoms with E-state index in [1.54, 1.807) is 0 Å². The van der Waals surface area contributed by atoms with Gasteiger partial charge < -0.3 is 15.9 Å². The van der Waals surface area contributed by atoms with Crippen LogP contribution in [0.3, 0.4) is 0 Å². The van der Waals surface area contributed by atoms with Crippen molar-refractivity contribution in [2.75, 3.05) is 13.2 Å². The number of nitrogens with two attached hydrogens (primary N) is 1. The highest BCUT2D eigenvalue weighted by Gasteiger charge is 2.21. The Labute approximate surface area is 153 Å². The van der Waals surface area contributed by atoms with Crippen LogP contribution in [0.1, 0.15) is 82.7 Å². The number of aliphatic hydroxyl groups excluding tert-OH is 2. The van der Waals surface area contributed by atoms with Gasteiger partial charge in [0.25, 0.3) is 0 Å². The molecule has 0 spiro atoms. The molecule has 4 nitrogen and oxygen atoms in total. The standard InChI is InChI=1S/C21H38N2O2/c22-21(18-24,19-25)16-12-9-7-5-3-1-2-4-6-8-10-14-20-15-11-13-17-23-20/h11,13,15,17,24-25H,1-10,12,14,16,18-19,22H2. The van der Waals surface area contributed by atoms with Gasteiger partial charge in [-0.05, 0) is 31.4 Å². The third-order valence-corrected chi connectivity index (χ3v) is 4.96. The van der Waals surface area contributed by atoms with Crippen molar-refractivity contribution in [3.8, 4) is 0 Å². The first-order valence-corrected chi connectivity index (χ1v) is 10.1. The van der Waals surface area contributed by atoms with Gasteiger partial charge >= 0.3 is 0 Å². The topological polar surface area (TPSA) is 79.4 Å². The second-order valence-corrected chi connectivity index (χ2v) is 7.39. The summed E-state index contributed by atoms with van der Waals surface area (Å²) >= 11 is 0. The van der Waals surface area contributed by atoms with Gasteiger partial charge in [-0.3, -0.25) is 4.98 Å². The van der Waals surface area contributed by atoms with Crippen molar-refractivity contribution in [3.63, 3.8) is 0 Å². The van der Waals surface area contributed by atoms with Crippen molar-refractivity contribution in [1.29, 1.82) is 0 Å². The van der Waals surface area contributed by atoms with Crippen LogP contribution in [0.5, 0.6) is 0 Å². The lowest BCUT2D eigenvalue weighted by Crippen LogP contribution is -2.47. The summed E-state index contributed by atoms with van der Waals surface area (Å²) in [4.78, 5) is 4.36. The number of aryl methyl sites for hydroxylation is 1. The maximum atomic E-state index is 9.13. The van der Waals surface area contributed by atoms with Crippen molar-refractivity contribution in [1.82, 2.24) is 4.98 Å². The molecule has 1 rings (SSSR count). The number of hydrogen-bond acceptors (Lipinski definition) is 4. The van der Waals surface area contributed by atoms with Crippen molar-refractivity contribution in [3.05, 3.63) is 30.1 Å². The smallest absolute Gasteiger partial charge is 0.0633 e. The van der Waals surface area contributed by atoms with E-state index in [-0.39, 0.29) is 13.2 Å². The summed E-state index contributed by atoms with van der Waals surface area (Å²) in [6.07, 6.45) is 17.6. The number of nitrogens with zero attached hydrogens (tertiary/aromatic N) is 1. The molecule has 0 aliphatic rings. The highest BCUT2D eigenvalue weighted by molar-refractivity contribution is 5.03. The number of unbranched alkanes of at least 4 members (excludes halogenated alkanes) is 10. The quantitative estimate of drug-likeness (QED) is 0.394. The largest absolute Gasteiger partial charge is 0.394 e. The molecule has 0 saturated heterocycles. The zero-order valence-corrected chi connectivity index (χ0v) is 15.8. The summed E-state index contributed by atoms with van der Waals surface area (Å²) in [6, 6.07) is 6.15. The Balaban J connectivity index is 1.80. The minimum Gasteiger partial charge on any atom is -0.394 e. The van der Waals surface area contributed by atoms with Gasteiger partial charge in [-0.1, -0.05) is 70.3 Å². The molecule has 1 aromatic rings. The summed E-state index contributed by atoms with van der Waals surface area (Å²) in [5.41, 5.74) is 6.29. The Morgan fingerprint density at radius 1 is 0.760 bits per heavy atom. The lowest BCUT2D eigenvalue weighted by molar-refractivity contribution is 0.112. The summed E-state index contributed by atoms with van der Waals surface area (Å²) < 4.78 is 0. The number of aliphatic hydroxyl groups is 2. The second-order valence-electron chi connectivity index (χ2n) is 7.39. The Morgan fingerprint density at radius 3 is 1.76 bits per heavy atom. The van der Waals surface area contributed by atoms with Gasteiger partial charge in [-0.25, -0.2) is 0 Å². The van der Waals surface area contributed by atoms with Crippen molar-refractivity contribution in [2.45, 2.75) is 89.0 Å². The van der Waals surface area contributed by atoms with Crippen LogP contribution in [0.4, 0.5) is 0 Å². The van der Waals surface area contributed by atoms with Gasteiger partial charge in [0.2, 0.25) is 0 Å². The molecule has 0 aromatic carbocycles. The van der Waals surface area contributed by atoms with Crippen LogP contribution in [0, 0.1) is 0 Å². The average Bonchev–Trinajstić information content (AvgIpc) is 2.66. The van der Waals surface area contributed by atoms with Gasteiger partial charge in [0.1, 0.15) is 0 Å². The highest BCUT2D eigenvalue weighted by atomic mass is 16.3. The van der Waals surface area contributed by atoms with E-state index in [1.165, 1.54) is 63.5 Å². The SMILES string of the molecule is NC(CO)(CO)CCCCCCCCCCCCCc1ccccn1. The van der Waals surface area contributed by atoms with E-state index in [2.05, 4.69) is 17.1 Å². The fourth-order valence-electron chi connectivity index (χ4n) is 3.13. The van der Waals surface area contributed by atoms with Crippen LogP contribution in [-0.4, -0.2) is 33.9 Å². The highest BCUT2D eigenvalue weighted by Crippen LogP contribution is 2.15. The van der Waals surface area contributed by atoms with E-state index in [0.29, 0.717) is 6.42 Å². The van der Waals surface area contributed by atoms with Gasteiger partial charge in [-0.2, -0.15) is 0 Å².